The summed E-state index contributed by atoms with van der Waals surface area (Å²) in [7, 11) is 0. The van der Waals surface area contributed by atoms with Crippen molar-refractivity contribution in [1.82, 2.24) is 4.90 Å². The number of hydrogen-bond acceptors (Lipinski definition) is 2. The van der Waals surface area contributed by atoms with Crippen molar-refractivity contribution in [2.45, 2.75) is 13.8 Å². The Morgan fingerprint density at radius 1 is 1.67 bits per heavy atom. The quantitative estimate of drug-likeness (QED) is 0.588. The van der Waals surface area contributed by atoms with E-state index in [0.29, 0.717) is 5.57 Å². The van der Waals surface area contributed by atoms with E-state index in [-0.39, 0.29) is 0 Å². The first-order valence-corrected chi connectivity index (χ1v) is 3.95. The van der Waals surface area contributed by atoms with Crippen molar-refractivity contribution in [1.29, 1.82) is 5.26 Å². The van der Waals surface area contributed by atoms with Crippen molar-refractivity contribution in [2.24, 2.45) is 0 Å². The molecule has 0 spiro atoms. The van der Waals surface area contributed by atoms with Crippen molar-refractivity contribution in [3.8, 4) is 6.07 Å². The molecule has 0 saturated carbocycles. The molecule has 0 bridgehead atoms. The average Bonchev–Trinajstić information content (AvgIpc) is 2.08. The van der Waals surface area contributed by atoms with Crippen LogP contribution >= 0.6 is 0 Å². The zero-order valence-corrected chi connectivity index (χ0v) is 7.46. The van der Waals surface area contributed by atoms with E-state index < -0.39 is 0 Å². The molecule has 0 aromatic carbocycles. The second kappa shape index (κ2) is 3.27. The molecule has 1 rings (SSSR count). The van der Waals surface area contributed by atoms with E-state index in [0.717, 1.165) is 17.8 Å². The molecule has 2 heteroatoms. The van der Waals surface area contributed by atoms with Crippen LogP contribution in [0.4, 0.5) is 0 Å². The molecule has 1 heterocycles. The third-order valence-electron chi connectivity index (χ3n) is 1.85. The molecule has 0 N–H and O–H groups in total. The molecule has 0 fully saturated rings. The summed E-state index contributed by atoms with van der Waals surface area (Å²) < 4.78 is 0. The Morgan fingerprint density at radius 3 is 2.83 bits per heavy atom. The standard InChI is InChI=1S/C10H12N2/c1-4-12-7-8(2)5-10(6-11)9(12)3/h5,7H,3-4H2,1-2H3. The number of hydrogen-bond donors (Lipinski definition) is 0. The molecule has 0 saturated heterocycles. The van der Waals surface area contributed by atoms with Crippen LogP contribution in [-0.2, 0) is 0 Å². The Kier molecular flexibility index (Phi) is 2.35. The normalized spacial score (nSPS) is 16.8. The highest BCUT2D eigenvalue weighted by Crippen LogP contribution is 2.21. The van der Waals surface area contributed by atoms with Gasteiger partial charge in [0.1, 0.15) is 6.07 Å². The van der Waals surface area contributed by atoms with Crippen molar-refractivity contribution >= 4 is 0 Å². The molecule has 1 aliphatic rings. The van der Waals surface area contributed by atoms with E-state index >= 15 is 0 Å². The fourth-order valence-electron chi connectivity index (χ4n) is 1.21. The summed E-state index contributed by atoms with van der Waals surface area (Å²) in [6, 6.07) is 2.13. The van der Waals surface area contributed by atoms with Crippen molar-refractivity contribution in [2.75, 3.05) is 6.54 Å². The van der Waals surface area contributed by atoms with Gasteiger partial charge in [0.15, 0.2) is 0 Å². The smallest absolute Gasteiger partial charge is 0.101 e. The lowest BCUT2D eigenvalue weighted by molar-refractivity contribution is 0.496. The van der Waals surface area contributed by atoms with Crippen LogP contribution in [0.3, 0.4) is 0 Å². The highest BCUT2D eigenvalue weighted by Gasteiger charge is 2.12. The first-order valence-electron chi connectivity index (χ1n) is 3.95. The second-order valence-corrected chi connectivity index (χ2v) is 2.78. The lowest BCUT2D eigenvalue weighted by Crippen LogP contribution is -2.19. The lowest BCUT2D eigenvalue weighted by Gasteiger charge is -2.24. The molecule has 0 aliphatic carbocycles. The molecule has 62 valence electrons. The highest BCUT2D eigenvalue weighted by atomic mass is 15.1. The van der Waals surface area contributed by atoms with Gasteiger partial charge < -0.3 is 4.90 Å². The minimum Gasteiger partial charge on any atom is -0.347 e. The Bertz CT molecular complexity index is 302. The third kappa shape index (κ3) is 1.40. The summed E-state index contributed by atoms with van der Waals surface area (Å²) in [5, 5.41) is 8.76. The number of rotatable bonds is 1. The van der Waals surface area contributed by atoms with Gasteiger partial charge in [0.2, 0.25) is 0 Å². The largest absolute Gasteiger partial charge is 0.347 e. The summed E-state index contributed by atoms with van der Waals surface area (Å²) in [4.78, 5) is 1.98. The van der Waals surface area contributed by atoms with Gasteiger partial charge in [-0.05, 0) is 25.5 Å². The van der Waals surface area contributed by atoms with E-state index in [2.05, 4.69) is 12.6 Å². The van der Waals surface area contributed by atoms with E-state index in [1.807, 2.05) is 31.0 Å². The van der Waals surface area contributed by atoms with Crippen molar-refractivity contribution < 1.29 is 0 Å². The van der Waals surface area contributed by atoms with Crippen LogP contribution in [0.15, 0.2) is 35.7 Å². The molecule has 12 heavy (non-hydrogen) atoms. The van der Waals surface area contributed by atoms with E-state index in [9.17, 15) is 0 Å². The minimum atomic E-state index is 0.664. The van der Waals surface area contributed by atoms with Crippen molar-refractivity contribution in [3.05, 3.63) is 35.7 Å². The average molecular weight is 160 g/mol. The van der Waals surface area contributed by atoms with E-state index in [1.165, 1.54) is 0 Å². The Hall–Kier alpha value is -1.49. The highest BCUT2D eigenvalue weighted by molar-refractivity contribution is 5.47. The van der Waals surface area contributed by atoms with Gasteiger partial charge in [-0.25, -0.2) is 0 Å². The minimum absolute atomic E-state index is 0.664. The molecule has 0 radical (unpaired) electrons. The Balaban J connectivity index is 3.01. The maximum Gasteiger partial charge on any atom is 0.101 e. The number of nitriles is 1. The van der Waals surface area contributed by atoms with Crippen LogP contribution in [0.1, 0.15) is 13.8 Å². The summed E-state index contributed by atoms with van der Waals surface area (Å²) in [6.45, 7) is 8.72. The van der Waals surface area contributed by atoms with Crippen LogP contribution in [0.2, 0.25) is 0 Å². The summed E-state index contributed by atoms with van der Waals surface area (Å²) in [6.07, 6.45) is 3.86. The SMILES string of the molecule is C=C1C(C#N)=CC(C)=CN1CC. The van der Waals surface area contributed by atoms with Gasteiger partial charge in [-0.15, -0.1) is 0 Å². The van der Waals surface area contributed by atoms with Crippen LogP contribution in [0.25, 0.3) is 0 Å². The predicted octanol–water partition coefficient (Wildman–Crippen LogP) is 2.19. The zero-order chi connectivity index (χ0) is 9.14. The fourth-order valence-corrected chi connectivity index (χ4v) is 1.21. The molecule has 0 aromatic heterocycles. The fraction of sp³-hybridized carbons (Fsp3) is 0.300. The number of nitrogens with zero attached hydrogens (tertiary/aromatic N) is 2. The molecule has 0 unspecified atom stereocenters. The third-order valence-corrected chi connectivity index (χ3v) is 1.85. The van der Waals surface area contributed by atoms with Crippen molar-refractivity contribution in [3.63, 3.8) is 0 Å². The second-order valence-electron chi connectivity index (χ2n) is 2.78. The molecule has 1 aliphatic heterocycles. The van der Waals surface area contributed by atoms with Gasteiger partial charge in [-0.3, -0.25) is 0 Å². The van der Waals surface area contributed by atoms with E-state index in [1.54, 1.807) is 0 Å². The maximum absolute atomic E-state index is 8.76. The first-order chi connectivity index (χ1) is 5.69. The van der Waals surface area contributed by atoms with Gasteiger partial charge in [0.05, 0.1) is 11.3 Å². The summed E-state index contributed by atoms with van der Waals surface area (Å²) in [5.41, 5.74) is 2.56. The maximum atomic E-state index is 8.76. The van der Waals surface area contributed by atoms with Gasteiger partial charge in [-0.1, -0.05) is 6.58 Å². The topological polar surface area (TPSA) is 27.0 Å². The first kappa shape index (κ1) is 8.61. The molecule has 0 amide bonds. The predicted molar refractivity (Wildman–Crippen MR) is 49.0 cm³/mol. The van der Waals surface area contributed by atoms with Crippen LogP contribution < -0.4 is 0 Å². The van der Waals surface area contributed by atoms with Crippen LogP contribution in [-0.4, -0.2) is 11.4 Å². The van der Waals surface area contributed by atoms with Gasteiger partial charge in [-0.2, -0.15) is 5.26 Å². The Morgan fingerprint density at radius 2 is 2.33 bits per heavy atom. The van der Waals surface area contributed by atoms with Gasteiger partial charge in [0, 0.05) is 12.7 Å². The molecular formula is C10H12N2. The van der Waals surface area contributed by atoms with Crippen LogP contribution in [0, 0.1) is 11.3 Å². The van der Waals surface area contributed by atoms with Gasteiger partial charge in [0.25, 0.3) is 0 Å². The lowest BCUT2D eigenvalue weighted by atomic mass is 10.1. The molecule has 2 nitrogen and oxygen atoms in total. The summed E-state index contributed by atoms with van der Waals surface area (Å²) >= 11 is 0. The molecule has 0 aromatic rings. The zero-order valence-electron chi connectivity index (χ0n) is 7.46. The molecular weight excluding hydrogens is 148 g/mol. The van der Waals surface area contributed by atoms with Crippen LogP contribution in [0.5, 0.6) is 0 Å². The number of allylic oxidation sites excluding steroid dienone is 3. The van der Waals surface area contributed by atoms with E-state index in [4.69, 9.17) is 5.26 Å². The molecule has 0 atom stereocenters. The van der Waals surface area contributed by atoms with Gasteiger partial charge >= 0.3 is 0 Å². The monoisotopic (exact) mass is 160 g/mol. The summed E-state index contributed by atoms with van der Waals surface area (Å²) in [5.74, 6) is 0. The number of likely N-dealkylation sites (N-methyl/N-ethyl adjacent to an activating group) is 1. The Labute approximate surface area is 73.1 Å².